The first-order valence-corrected chi connectivity index (χ1v) is 8.02. The highest BCUT2D eigenvalue weighted by molar-refractivity contribution is 5.33. The van der Waals surface area contributed by atoms with Crippen LogP contribution in [-0.4, -0.2) is 13.2 Å². The van der Waals surface area contributed by atoms with E-state index < -0.39 is 0 Å². The number of hydrogen-bond donors (Lipinski definition) is 0. The fourth-order valence-electron chi connectivity index (χ4n) is 3.07. The molecule has 2 rings (SSSR count). The normalized spacial score (nSPS) is 21.7. The zero-order valence-corrected chi connectivity index (χ0v) is 12.8. The van der Waals surface area contributed by atoms with Crippen molar-refractivity contribution in [2.24, 2.45) is 5.92 Å². The van der Waals surface area contributed by atoms with E-state index in [2.05, 4.69) is 24.8 Å². The van der Waals surface area contributed by atoms with Crippen molar-refractivity contribution in [1.82, 2.24) is 0 Å². The van der Waals surface area contributed by atoms with Gasteiger partial charge in [-0.25, -0.2) is 0 Å². The SMILES string of the molecule is C=CCCCOCC1CCC(c2ccc(C#N)cc2)CC1. The standard InChI is InChI=1S/C19H25NO/c1-2-3-4-13-21-15-17-7-11-19(12-8-17)18-9-5-16(14-20)6-10-18/h2,5-6,9-10,17,19H,1,3-4,7-8,11-13,15H2. The largest absolute Gasteiger partial charge is 0.381 e. The van der Waals surface area contributed by atoms with Crippen molar-refractivity contribution < 1.29 is 4.74 Å². The molecule has 1 aromatic carbocycles. The molecule has 1 aliphatic rings. The summed E-state index contributed by atoms with van der Waals surface area (Å²) in [4.78, 5) is 0. The maximum absolute atomic E-state index is 8.84. The lowest BCUT2D eigenvalue weighted by atomic mass is 9.79. The predicted molar refractivity (Wildman–Crippen MR) is 86.1 cm³/mol. The van der Waals surface area contributed by atoms with Crippen molar-refractivity contribution >= 4 is 0 Å². The van der Waals surface area contributed by atoms with Crippen LogP contribution >= 0.6 is 0 Å². The Hall–Kier alpha value is -1.59. The van der Waals surface area contributed by atoms with Gasteiger partial charge in [-0.15, -0.1) is 6.58 Å². The zero-order chi connectivity index (χ0) is 14.9. The minimum atomic E-state index is 0.662. The summed E-state index contributed by atoms with van der Waals surface area (Å²) in [6, 6.07) is 10.3. The second kappa shape index (κ2) is 8.64. The molecule has 1 saturated carbocycles. The van der Waals surface area contributed by atoms with Crippen LogP contribution in [0.1, 0.15) is 55.6 Å². The fourth-order valence-corrected chi connectivity index (χ4v) is 3.07. The van der Waals surface area contributed by atoms with Crippen molar-refractivity contribution in [3.63, 3.8) is 0 Å². The Morgan fingerprint density at radius 2 is 1.90 bits per heavy atom. The quantitative estimate of drug-likeness (QED) is 0.531. The average Bonchev–Trinajstić information content (AvgIpc) is 2.55. The maximum Gasteiger partial charge on any atom is 0.0991 e. The number of allylic oxidation sites excluding steroid dienone is 1. The minimum absolute atomic E-state index is 0.662. The number of ether oxygens (including phenoxy) is 1. The van der Waals surface area contributed by atoms with E-state index >= 15 is 0 Å². The molecule has 0 saturated heterocycles. The third-order valence-electron chi connectivity index (χ3n) is 4.41. The number of nitriles is 1. The molecule has 2 heteroatoms. The number of nitrogens with zero attached hydrogens (tertiary/aromatic N) is 1. The van der Waals surface area contributed by atoms with Crippen LogP contribution in [0.25, 0.3) is 0 Å². The van der Waals surface area contributed by atoms with Gasteiger partial charge in [0, 0.05) is 13.2 Å². The molecule has 0 aromatic heterocycles. The lowest BCUT2D eigenvalue weighted by Crippen LogP contribution is -2.18. The van der Waals surface area contributed by atoms with E-state index in [1.54, 1.807) is 0 Å². The van der Waals surface area contributed by atoms with Crippen LogP contribution in [0.5, 0.6) is 0 Å². The van der Waals surface area contributed by atoms with Gasteiger partial charge in [0.2, 0.25) is 0 Å². The van der Waals surface area contributed by atoms with Crippen LogP contribution in [0.3, 0.4) is 0 Å². The molecule has 1 fully saturated rings. The smallest absolute Gasteiger partial charge is 0.0991 e. The lowest BCUT2D eigenvalue weighted by molar-refractivity contribution is 0.0815. The average molecular weight is 283 g/mol. The molecule has 0 bridgehead atoms. The second-order valence-corrected chi connectivity index (χ2v) is 5.96. The molecule has 0 unspecified atom stereocenters. The van der Waals surface area contributed by atoms with Crippen molar-refractivity contribution in [2.45, 2.75) is 44.4 Å². The number of hydrogen-bond acceptors (Lipinski definition) is 2. The Morgan fingerprint density at radius 1 is 1.19 bits per heavy atom. The summed E-state index contributed by atoms with van der Waals surface area (Å²) < 4.78 is 5.76. The summed E-state index contributed by atoms with van der Waals surface area (Å²) >= 11 is 0. The van der Waals surface area contributed by atoms with Gasteiger partial charge >= 0.3 is 0 Å². The van der Waals surface area contributed by atoms with E-state index in [1.165, 1.54) is 31.2 Å². The summed E-state index contributed by atoms with van der Waals surface area (Å²) in [6.07, 6.45) is 9.08. The fraction of sp³-hybridized carbons (Fsp3) is 0.526. The summed E-state index contributed by atoms with van der Waals surface area (Å²) in [5.41, 5.74) is 2.14. The monoisotopic (exact) mass is 283 g/mol. The molecule has 21 heavy (non-hydrogen) atoms. The van der Waals surface area contributed by atoms with Crippen LogP contribution in [0.2, 0.25) is 0 Å². The van der Waals surface area contributed by atoms with Gasteiger partial charge in [-0.05, 0) is 68.1 Å². The molecule has 1 aliphatic carbocycles. The number of unbranched alkanes of at least 4 members (excludes halogenated alkanes) is 1. The first-order chi connectivity index (χ1) is 10.3. The van der Waals surface area contributed by atoms with Crippen LogP contribution in [-0.2, 0) is 4.74 Å². The van der Waals surface area contributed by atoms with Crippen molar-refractivity contribution in [3.05, 3.63) is 48.0 Å². The summed E-state index contributed by atoms with van der Waals surface area (Å²) in [5.74, 6) is 1.39. The highest BCUT2D eigenvalue weighted by Gasteiger charge is 2.22. The summed E-state index contributed by atoms with van der Waals surface area (Å²) in [6.45, 7) is 5.50. The second-order valence-electron chi connectivity index (χ2n) is 5.96. The Labute approximate surface area is 128 Å². The Balaban J connectivity index is 1.70. The van der Waals surface area contributed by atoms with Crippen LogP contribution in [0.4, 0.5) is 0 Å². The molecule has 0 aliphatic heterocycles. The van der Waals surface area contributed by atoms with Crippen molar-refractivity contribution in [1.29, 1.82) is 5.26 Å². The lowest BCUT2D eigenvalue weighted by Gasteiger charge is -2.28. The first-order valence-electron chi connectivity index (χ1n) is 8.02. The molecular weight excluding hydrogens is 258 g/mol. The van der Waals surface area contributed by atoms with E-state index in [4.69, 9.17) is 10.00 Å². The molecule has 0 spiro atoms. The molecule has 0 amide bonds. The molecule has 0 atom stereocenters. The predicted octanol–water partition coefficient (Wildman–Crippen LogP) is 4.81. The Morgan fingerprint density at radius 3 is 2.52 bits per heavy atom. The van der Waals surface area contributed by atoms with E-state index in [1.807, 2.05) is 18.2 Å². The highest BCUT2D eigenvalue weighted by Crippen LogP contribution is 2.35. The van der Waals surface area contributed by atoms with E-state index in [0.29, 0.717) is 5.92 Å². The third-order valence-corrected chi connectivity index (χ3v) is 4.41. The van der Waals surface area contributed by atoms with E-state index in [-0.39, 0.29) is 0 Å². The molecular formula is C19H25NO. The van der Waals surface area contributed by atoms with Gasteiger partial charge in [0.05, 0.1) is 11.6 Å². The van der Waals surface area contributed by atoms with Gasteiger partial charge in [-0.3, -0.25) is 0 Å². The number of benzene rings is 1. The molecule has 0 N–H and O–H groups in total. The van der Waals surface area contributed by atoms with E-state index in [0.717, 1.165) is 37.5 Å². The first kappa shape index (κ1) is 15.8. The van der Waals surface area contributed by atoms with Gasteiger partial charge in [0.15, 0.2) is 0 Å². The molecule has 1 aromatic rings. The van der Waals surface area contributed by atoms with Gasteiger partial charge in [0.1, 0.15) is 0 Å². The molecule has 112 valence electrons. The summed E-state index contributed by atoms with van der Waals surface area (Å²) in [7, 11) is 0. The molecule has 2 nitrogen and oxygen atoms in total. The Kier molecular flexibility index (Phi) is 6.50. The van der Waals surface area contributed by atoms with Gasteiger partial charge in [0.25, 0.3) is 0 Å². The van der Waals surface area contributed by atoms with Gasteiger partial charge in [-0.2, -0.15) is 5.26 Å². The zero-order valence-electron chi connectivity index (χ0n) is 12.8. The maximum atomic E-state index is 8.84. The van der Waals surface area contributed by atoms with Crippen LogP contribution < -0.4 is 0 Å². The van der Waals surface area contributed by atoms with Crippen LogP contribution in [0.15, 0.2) is 36.9 Å². The number of rotatable bonds is 7. The highest BCUT2D eigenvalue weighted by atomic mass is 16.5. The molecule has 0 radical (unpaired) electrons. The van der Waals surface area contributed by atoms with Crippen molar-refractivity contribution in [3.8, 4) is 6.07 Å². The van der Waals surface area contributed by atoms with Crippen molar-refractivity contribution in [2.75, 3.05) is 13.2 Å². The van der Waals surface area contributed by atoms with Crippen LogP contribution in [0, 0.1) is 17.2 Å². The topological polar surface area (TPSA) is 33.0 Å². The summed E-state index contributed by atoms with van der Waals surface area (Å²) in [5, 5.41) is 8.84. The van der Waals surface area contributed by atoms with E-state index in [9.17, 15) is 0 Å². The van der Waals surface area contributed by atoms with Gasteiger partial charge < -0.3 is 4.74 Å². The minimum Gasteiger partial charge on any atom is -0.381 e. The Bertz CT molecular complexity index is 463. The third kappa shape index (κ3) is 5.02. The van der Waals surface area contributed by atoms with Gasteiger partial charge in [-0.1, -0.05) is 18.2 Å². The molecule has 0 heterocycles.